The van der Waals surface area contributed by atoms with Gasteiger partial charge in [0, 0.05) is 27.1 Å². The summed E-state index contributed by atoms with van der Waals surface area (Å²) >= 11 is 3.72. The molecule has 3 fully saturated rings. The number of rotatable bonds is 9. The summed E-state index contributed by atoms with van der Waals surface area (Å²) in [5, 5.41) is -0.413. The lowest BCUT2D eigenvalue weighted by atomic mass is 9.84. The largest absolute Gasteiger partial charge is 0.374 e. The Morgan fingerprint density at radius 3 is 1.94 bits per heavy atom. The van der Waals surface area contributed by atoms with Crippen molar-refractivity contribution in [2.45, 2.75) is 79.9 Å². The van der Waals surface area contributed by atoms with Crippen LogP contribution >= 0.6 is 15.9 Å². The van der Waals surface area contributed by atoms with E-state index in [1.807, 2.05) is 60.7 Å². The Morgan fingerprint density at radius 2 is 1.36 bits per heavy atom. The van der Waals surface area contributed by atoms with Gasteiger partial charge in [-0.15, -0.1) is 0 Å². The summed E-state index contributed by atoms with van der Waals surface area (Å²) in [7, 11) is 3.32. The predicted octanol–water partition coefficient (Wildman–Crippen LogP) is 4.95. The van der Waals surface area contributed by atoms with E-state index in [2.05, 4.69) is 15.9 Å². The van der Waals surface area contributed by atoms with Crippen LogP contribution in [-0.2, 0) is 46.4 Å². The maximum atomic E-state index is 6.83. The molecule has 0 spiro atoms. The van der Waals surface area contributed by atoms with Crippen molar-refractivity contribution in [1.29, 1.82) is 0 Å². The average Bonchev–Trinajstić information content (AvgIpc) is 2.93. The summed E-state index contributed by atoms with van der Waals surface area (Å²) in [6.07, 6.45) is 1.56. The molecule has 8 heteroatoms. The van der Waals surface area contributed by atoms with Crippen molar-refractivity contribution < 1.29 is 33.2 Å². The molecule has 2 aromatic carbocycles. The van der Waals surface area contributed by atoms with Crippen LogP contribution in [0.15, 0.2) is 60.7 Å². The highest BCUT2D eigenvalue weighted by molar-refractivity contribution is 9.09. The van der Waals surface area contributed by atoms with Gasteiger partial charge in [0.25, 0.3) is 0 Å². The van der Waals surface area contributed by atoms with Gasteiger partial charge in [0.05, 0.1) is 19.8 Å². The number of benzene rings is 2. The van der Waals surface area contributed by atoms with Gasteiger partial charge in [-0.05, 0) is 24.0 Å². The van der Waals surface area contributed by atoms with Crippen LogP contribution < -0.4 is 0 Å². The van der Waals surface area contributed by atoms with E-state index in [4.69, 9.17) is 33.2 Å². The first-order valence-corrected chi connectivity index (χ1v) is 13.5. The normalized spacial score (nSPS) is 36.1. The summed E-state index contributed by atoms with van der Waals surface area (Å²) in [5.41, 5.74) is 2.17. The Bertz CT molecular complexity index is 963. The molecule has 7 atom stereocenters. The summed E-state index contributed by atoms with van der Waals surface area (Å²) in [5.74, 6) is -2.04. The molecular weight excluding hydrogens is 528 g/mol. The van der Waals surface area contributed by atoms with Crippen LogP contribution in [0.4, 0.5) is 0 Å². The molecule has 0 bridgehead atoms. The predicted molar refractivity (Wildman–Crippen MR) is 136 cm³/mol. The van der Waals surface area contributed by atoms with Gasteiger partial charge in [-0.25, -0.2) is 0 Å². The van der Waals surface area contributed by atoms with Gasteiger partial charge in [0.15, 0.2) is 0 Å². The van der Waals surface area contributed by atoms with Gasteiger partial charge in [0.1, 0.15) is 29.4 Å². The molecule has 7 nitrogen and oxygen atoms in total. The van der Waals surface area contributed by atoms with Crippen LogP contribution in [0.2, 0.25) is 0 Å². The zero-order valence-electron chi connectivity index (χ0n) is 20.8. The second-order valence-corrected chi connectivity index (χ2v) is 10.5. The minimum Gasteiger partial charge on any atom is -0.374 e. The van der Waals surface area contributed by atoms with E-state index in [0.29, 0.717) is 32.7 Å². The Kier molecular flexibility index (Phi) is 8.44. The van der Waals surface area contributed by atoms with E-state index < -0.39 is 34.9 Å². The molecule has 36 heavy (non-hydrogen) atoms. The van der Waals surface area contributed by atoms with Gasteiger partial charge in [-0.2, -0.15) is 0 Å². The highest BCUT2D eigenvalue weighted by Gasteiger charge is 2.66. The lowest BCUT2D eigenvalue weighted by Crippen LogP contribution is -2.75. The number of hydrogen-bond acceptors (Lipinski definition) is 7. The van der Waals surface area contributed by atoms with Gasteiger partial charge < -0.3 is 33.2 Å². The molecule has 2 aromatic rings. The fraction of sp³-hybridized carbons (Fsp3) is 0.571. The van der Waals surface area contributed by atoms with Crippen LogP contribution in [0.5, 0.6) is 0 Å². The Morgan fingerprint density at radius 1 is 0.806 bits per heavy atom. The zero-order chi connectivity index (χ0) is 25.0. The third kappa shape index (κ3) is 5.15. The van der Waals surface area contributed by atoms with E-state index in [1.54, 1.807) is 14.2 Å². The van der Waals surface area contributed by atoms with Crippen molar-refractivity contribution >= 4 is 15.9 Å². The molecule has 0 N–H and O–H groups in total. The minimum absolute atomic E-state index is 0.340. The number of fused-ring (bicyclic) bond motifs is 2. The van der Waals surface area contributed by atoms with Crippen LogP contribution in [0, 0.1) is 0 Å². The van der Waals surface area contributed by atoms with E-state index >= 15 is 0 Å². The average molecular weight is 563 g/mol. The van der Waals surface area contributed by atoms with Gasteiger partial charge in [-0.1, -0.05) is 76.6 Å². The Balaban J connectivity index is 1.38. The number of methoxy groups -OCH3 is 2. The second kappa shape index (κ2) is 11.6. The van der Waals surface area contributed by atoms with Crippen LogP contribution in [-0.4, -0.2) is 61.8 Å². The molecule has 5 rings (SSSR count). The first-order valence-electron chi connectivity index (χ1n) is 12.6. The van der Waals surface area contributed by atoms with Crippen molar-refractivity contribution in [3.63, 3.8) is 0 Å². The molecule has 2 heterocycles. The van der Waals surface area contributed by atoms with Crippen LogP contribution in [0.25, 0.3) is 0 Å². The first kappa shape index (κ1) is 26.3. The van der Waals surface area contributed by atoms with E-state index in [-0.39, 0.29) is 6.10 Å². The summed E-state index contributed by atoms with van der Waals surface area (Å²) < 4.78 is 44.5. The number of alkyl halides is 1. The molecule has 2 aliphatic heterocycles. The number of ether oxygens (including phenoxy) is 7. The Labute approximate surface area is 221 Å². The lowest BCUT2D eigenvalue weighted by molar-refractivity contribution is -0.489. The summed E-state index contributed by atoms with van der Waals surface area (Å²) in [6.45, 7) is 1.25. The second-order valence-electron chi connectivity index (χ2n) is 9.57. The standard InChI is InChI=1S/C28H35BrO7/c1-30-27-15-9-10-16-28(27,31-2)36-24-23(35-27)22(19-32-17-20-11-5-3-6-12-20)34-26(29)25(24)33-18-21-13-7-4-8-14-21/h3-8,11-14,22-26H,9-10,15-19H2,1-2H3/t22-,23-,24+,25-,26-,27+,28+/m1/s1. The number of halogens is 1. The maximum absolute atomic E-state index is 6.83. The quantitative estimate of drug-likeness (QED) is 0.400. The van der Waals surface area contributed by atoms with Crippen molar-refractivity contribution in [2.24, 2.45) is 0 Å². The fourth-order valence-electron chi connectivity index (χ4n) is 5.53. The minimum atomic E-state index is -1.02. The van der Waals surface area contributed by atoms with E-state index in [0.717, 1.165) is 24.0 Å². The third-order valence-electron chi connectivity index (χ3n) is 7.41. The highest BCUT2D eigenvalue weighted by atomic mass is 79.9. The van der Waals surface area contributed by atoms with Gasteiger partial charge in [-0.3, -0.25) is 0 Å². The topological polar surface area (TPSA) is 64.6 Å². The Hall–Kier alpha value is -1.36. The van der Waals surface area contributed by atoms with Crippen molar-refractivity contribution in [3.05, 3.63) is 71.8 Å². The maximum Gasteiger partial charge on any atom is 0.223 e. The van der Waals surface area contributed by atoms with Crippen LogP contribution in [0.1, 0.15) is 36.8 Å². The first-order chi connectivity index (χ1) is 17.6. The molecule has 1 aliphatic carbocycles. The van der Waals surface area contributed by atoms with Crippen molar-refractivity contribution in [3.8, 4) is 0 Å². The molecule has 0 amide bonds. The van der Waals surface area contributed by atoms with Crippen LogP contribution in [0.3, 0.4) is 0 Å². The molecule has 1 saturated carbocycles. The molecule has 0 radical (unpaired) electrons. The smallest absolute Gasteiger partial charge is 0.223 e. The molecular formula is C28H35BrO7. The third-order valence-corrected chi connectivity index (χ3v) is 8.15. The highest BCUT2D eigenvalue weighted by Crippen LogP contribution is 2.51. The van der Waals surface area contributed by atoms with Crippen molar-refractivity contribution in [1.82, 2.24) is 0 Å². The summed E-state index contributed by atoms with van der Waals surface area (Å²) in [4.78, 5) is 0. The molecule has 196 valence electrons. The van der Waals surface area contributed by atoms with Gasteiger partial charge in [0.2, 0.25) is 11.6 Å². The van der Waals surface area contributed by atoms with E-state index in [9.17, 15) is 0 Å². The molecule has 3 aliphatic rings. The monoisotopic (exact) mass is 562 g/mol. The summed E-state index contributed by atoms with van der Waals surface area (Å²) in [6, 6.07) is 20.1. The lowest BCUT2D eigenvalue weighted by Gasteiger charge is -2.60. The molecule has 2 saturated heterocycles. The number of hydrogen-bond donors (Lipinski definition) is 0. The zero-order valence-corrected chi connectivity index (χ0v) is 22.4. The molecule has 0 aromatic heterocycles. The van der Waals surface area contributed by atoms with Gasteiger partial charge >= 0.3 is 0 Å². The fourth-order valence-corrected chi connectivity index (χ4v) is 6.26. The van der Waals surface area contributed by atoms with Crippen molar-refractivity contribution in [2.75, 3.05) is 20.8 Å². The van der Waals surface area contributed by atoms with E-state index in [1.165, 1.54) is 0 Å². The SMILES string of the molecule is CO[C@]12CCCC[C@]1(OC)O[C@H]1[C@H](O2)[C@@H](OCc2ccccc2)[C@H](Br)O[C@@H]1COCc1ccccc1. The molecule has 0 unspecified atom stereocenters.